The van der Waals surface area contributed by atoms with E-state index in [0.29, 0.717) is 0 Å². The molecule has 1 aromatic carbocycles. The Morgan fingerprint density at radius 2 is 1.71 bits per heavy atom. The van der Waals surface area contributed by atoms with Crippen molar-refractivity contribution in [2.75, 3.05) is 42.9 Å². The third-order valence-corrected chi connectivity index (χ3v) is 6.21. The van der Waals surface area contributed by atoms with E-state index < -0.39 is 0 Å². The maximum absolute atomic E-state index is 4.47. The largest absolute Gasteiger partial charge is 0.379 e. The summed E-state index contributed by atoms with van der Waals surface area (Å²) in [7, 11) is 0. The summed E-state index contributed by atoms with van der Waals surface area (Å²) >= 11 is 1.67. The molecule has 0 bridgehead atoms. The summed E-state index contributed by atoms with van der Waals surface area (Å²) in [6.45, 7) is 12.6. The topological polar surface area (TPSA) is 49.2 Å². The average Bonchev–Trinajstić information content (AvgIpc) is 3.35. The van der Waals surface area contributed by atoms with Crippen molar-refractivity contribution >= 4 is 22.2 Å². The number of rotatable bonds is 6. The number of benzene rings is 1. The molecule has 0 spiro atoms. The summed E-state index contributed by atoms with van der Waals surface area (Å²) in [5, 5.41) is 14.4. The molecule has 1 aliphatic rings. The van der Waals surface area contributed by atoms with Gasteiger partial charge in [0.25, 0.3) is 0 Å². The number of hydrogen-bond donors (Lipinski definition) is 1. The molecule has 0 aliphatic carbocycles. The Morgan fingerprint density at radius 1 is 1.00 bits per heavy atom. The molecule has 0 atom stereocenters. The first kappa shape index (κ1) is 19.0. The van der Waals surface area contributed by atoms with E-state index in [9.17, 15) is 0 Å². The molecule has 0 unspecified atom stereocenters. The quantitative estimate of drug-likeness (QED) is 0.688. The van der Waals surface area contributed by atoms with Gasteiger partial charge in [-0.1, -0.05) is 24.3 Å². The fourth-order valence-corrected chi connectivity index (χ4v) is 4.62. The van der Waals surface area contributed by atoms with E-state index in [1.165, 1.54) is 16.8 Å². The van der Waals surface area contributed by atoms with E-state index in [0.717, 1.165) is 55.2 Å². The van der Waals surface area contributed by atoms with E-state index in [1.54, 1.807) is 11.3 Å². The molecule has 4 rings (SSSR count). The van der Waals surface area contributed by atoms with Gasteiger partial charge in [0.1, 0.15) is 0 Å². The molecule has 1 fully saturated rings. The maximum Gasteiger partial charge on any atom is 0.218 e. The van der Waals surface area contributed by atoms with Crippen molar-refractivity contribution in [2.45, 2.75) is 27.3 Å². The first-order chi connectivity index (χ1) is 13.6. The van der Waals surface area contributed by atoms with E-state index in [4.69, 9.17) is 0 Å². The molecule has 1 aliphatic heterocycles. The molecule has 1 saturated heterocycles. The molecule has 0 amide bonds. The highest BCUT2D eigenvalue weighted by atomic mass is 32.1. The second-order valence-electron chi connectivity index (χ2n) is 7.39. The van der Waals surface area contributed by atoms with Crippen LogP contribution in [0.25, 0.3) is 5.13 Å². The summed E-state index contributed by atoms with van der Waals surface area (Å²) < 4.78 is 2.14. The highest BCUT2D eigenvalue weighted by Gasteiger charge is 2.20. The van der Waals surface area contributed by atoms with Crippen molar-refractivity contribution in [1.82, 2.24) is 19.7 Å². The standard InChI is InChI=1S/C21H28N6S/c1-4-25-8-10-26(11-9-25)20-23-24-21(28-20)27-7-5-6-19(27)15-22-18-13-16(2)12-17(3)14-18/h5-7,12-14,22H,4,8-11,15H2,1-3H3. The highest BCUT2D eigenvalue weighted by molar-refractivity contribution is 7.17. The van der Waals surface area contributed by atoms with Gasteiger partial charge < -0.3 is 15.1 Å². The Hall–Kier alpha value is -2.38. The van der Waals surface area contributed by atoms with Gasteiger partial charge in [-0.3, -0.25) is 4.57 Å². The van der Waals surface area contributed by atoms with Crippen molar-refractivity contribution in [3.05, 3.63) is 53.3 Å². The molecule has 7 heteroatoms. The zero-order valence-corrected chi connectivity index (χ0v) is 17.7. The number of piperazine rings is 1. The monoisotopic (exact) mass is 396 g/mol. The number of aryl methyl sites for hydroxylation is 2. The van der Waals surface area contributed by atoms with E-state index >= 15 is 0 Å². The Labute approximate surface area is 170 Å². The van der Waals surface area contributed by atoms with Crippen molar-refractivity contribution in [1.29, 1.82) is 0 Å². The van der Waals surface area contributed by atoms with Crippen LogP contribution in [0.3, 0.4) is 0 Å². The highest BCUT2D eigenvalue weighted by Crippen LogP contribution is 2.26. The lowest BCUT2D eigenvalue weighted by Crippen LogP contribution is -2.46. The molecule has 3 heterocycles. The van der Waals surface area contributed by atoms with Gasteiger partial charge in [-0.2, -0.15) is 0 Å². The van der Waals surface area contributed by atoms with Gasteiger partial charge in [-0.25, -0.2) is 0 Å². The minimum absolute atomic E-state index is 0.750. The van der Waals surface area contributed by atoms with Crippen LogP contribution in [0.5, 0.6) is 0 Å². The van der Waals surface area contributed by atoms with Gasteiger partial charge in [-0.15, -0.1) is 10.2 Å². The zero-order chi connectivity index (χ0) is 19.5. The molecule has 6 nitrogen and oxygen atoms in total. The van der Waals surface area contributed by atoms with Crippen LogP contribution in [0.4, 0.5) is 10.8 Å². The lowest BCUT2D eigenvalue weighted by atomic mass is 10.1. The van der Waals surface area contributed by atoms with Crippen LogP contribution in [0, 0.1) is 13.8 Å². The van der Waals surface area contributed by atoms with Gasteiger partial charge in [0.15, 0.2) is 0 Å². The fourth-order valence-electron chi connectivity index (χ4n) is 3.70. The van der Waals surface area contributed by atoms with Crippen LogP contribution in [0.2, 0.25) is 0 Å². The summed E-state index contributed by atoms with van der Waals surface area (Å²) in [6, 6.07) is 10.8. The van der Waals surface area contributed by atoms with Crippen molar-refractivity contribution in [3.8, 4) is 5.13 Å². The van der Waals surface area contributed by atoms with Crippen molar-refractivity contribution in [3.63, 3.8) is 0 Å². The minimum Gasteiger partial charge on any atom is -0.379 e. The predicted octanol–water partition coefficient (Wildman–Crippen LogP) is 3.70. The van der Waals surface area contributed by atoms with Gasteiger partial charge >= 0.3 is 0 Å². The number of nitrogens with zero attached hydrogens (tertiary/aromatic N) is 5. The maximum atomic E-state index is 4.47. The molecule has 0 radical (unpaired) electrons. The minimum atomic E-state index is 0.750. The molecular weight excluding hydrogens is 368 g/mol. The Balaban J connectivity index is 1.45. The average molecular weight is 397 g/mol. The lowest BCUT2D eigenvalue weighted by Gasteiger charge is -2.33. The third kappa shape index (κ3) is 4.20. The van der Waals surface area contributed by atoms with Gasteiger partial charge in [-0.05, 0) is 55.8 Å². The molecule has 148 valence electrons. The van der Waals surface area contributed by atoms with Crippen LogP contribution >= 0.6 is 11.3 Å². The van der Waals surface area contributed by atoms with Gasteiger partial charge in [0.2, 0.25) is 10.3 Å². The normalized spacial score (nSPS) is 15.2. The second-order valence-corrected chi connectivity index (χ2v) is 8.32. The predicted molar refractivity (Wildman–Crippen MR) is 117 cm³/mol. The van der Waals surface area contributed by atoms with Crippen LogP contribution in [0.1, 0.15) is 23.7 Å². The fraction of sp³-hybridized carbons (Fsp3) is 0.429. The summed E-state index contributed by atoms with van der Waals surface area (Å²) in [4.78, 5) is 4.82. The summed E-state index contributed by atoms with van der Waals surface area (Å²) in [5.41, 5.74) is 4.87. The second kappa shape index (κ2) is 8.32. The van der Waals surface area contributed by atoms with Gasteiger partial charge in [0.05, 0.1) is 6.54 Å². The van der Waals surface area contributed by atoms with Crippen molar-refractivity contribution < 1.29 is 0 Å². The van der Waals surface area contributed by atoms with E-state index in [2.05, 4.69) is 87.2 Å². The van der Waals surface area contributed by atoms with Crippen LogP contribution in [-0.4, -0.2) is 52.4 Å². The molecule has 0 saturated carbocycles. The van der Waals surface area contributed by atoms with Crippen LogP contribution < -0.4 is 10.2 Å². The SMILES string of the molecule is CCN1CCN(c2nnc(-n3cccc3CNc3cc(C)cc(C)c3)s2)CC1. The van der Waals surface area contributed by atoms with Crippen LogP contribution in [0.15, 0.2) is 36.5 Å². The molecular formula is C21H28N6S. The Kier molecular flexibility index (Phi) is 5.64. The number of hydrogen-bond acceptors (Lipinski definition) is 6. The summed E-state index contributed by atoms with van der Waals surface area (Å²) in [6.07, 6.45) is 2.07. The number of anilines is 2. The molecule has 28 heavy (non-hydrogen) atoms. The van der Waals surface area contributed by atoms with Crippen molar-refractivity contribution in [2.24, 2.45) is 0 Å². The summed E-state index contributed by atoms with van der Waals surface area (Å²) in [5.74, 6) is 0. The number of likely N-dealkylation sites (N-methyl/N-ethyl adjacent to an activating group) is 1. The molecule has 3 aromatic rings. The molecule has 1 N–H and O–H groups in total. The van der Waals surface area contributed by atoms with Crippen LogP contribution in [-0.2, 0) is 6.54 Å². The van der Waals surface area contributed by atoms with E-state index in [1.807, 2.05) is 0 Å². The first-order valence-electron chi connectivity index (χ1n) is 9.92. The molecule has 2 aromatic heterocycles. The smallest absolute Gasteiger partial charge is 0.218 e. The number of aromatic nitrogens is 3. The van der Waals surface area contributed by atoms with Gasteiger partial charge in [0, 0.05) is 43.8 Å². The Bertz CT molecular complexity index is 902. The zero-order valence-electron chi connectivity index (χ0n) is 16.9. The lowest BCUT2D eigenvalue weighted by molar-refractivity contribution is 0.271. The first-order valence-corrected chi connectivity index (χ1v) is 10.7. The third-order valence-electron chi connectivity index (χ3n) is 5.23. The number of nitrogens with one attached hydrogen (secondary N) is 1. The van der Waals surface area contributed by atoms with E-state index in [-0.39, 0.29) is 0 Å². The Morgan fingerprint density at radius 3 is 2.43 bits per heavy atom.